The van der Waals surface area contributed by atoms with E-state index in [0.717, 1.165) is 28.7 Å². The third kappa shape index (κ3) is 8.72. The van der Waals surface area contributed by atoms with Gasteiger partial charge in [0, 0.05) is 26.1 Å². The van der Waals surface area contributed by atoms with Crippen molar-refractivity contribution >= 4 is 82.9 Å². The minimum absolute atomic E-state index is 0.311. The second-order valence-corrected chi connectivity index (χ2v) is 19.8. The van der Waals surface area contributed by atoms with Gasteiger partial charge in [-0.2, -0.15) is 0 Å². The van der Waals surface area contributed by atoms with Gasteiger partial charge in [0.25, 0.3) is 0 Å². The molecule has 0 N–H and O–H groups in total. The lowest BCUT2D eigenvalue weighted by Crippen LogP contribution is -2.11. The molecule has 4 heterocycles. The Bertz CT molecular complexity index is 2150. The van der Waals surface area contributed by atoms with E-state index in [9.17, 15) is 9.59 Å². The van der Waals surface area contributed by atoms with Gasteiger partial charge in [-0.25, -0.2) is 9.59 Å². The minimum atomic E-state index is -0.442. The molecule has 4 nitrogen and oxygen atoms in total. The Labute approximate surface area is 344 Å². The maximum Gasteiger partial charge on any atom is 0.345 e. The Morgan fingerprint density at radius 3 is 1.70 bits per heavy atom. The first-order chi connectivity index (χ1) is 26.4. The van der Waals surface area contributed by atoms with E-state index in [4.69, 9.17) is 9.47 Å². The fourth-order valence-electron chi connectivity index (χ4n) is 7.69. The number of carbonyl (C=O) groups is 2. The number of benzene rings is 3. The molecule has 2 atom stereocenters. The standard InChI is InChI=1S/C46H48Br2O4S2/c1-3-5-7-9-11-13-15-33-27-37(53-43(33)47)29-17-21-31(22-18-29)39-35-25-26-36-40(46(50)52-42(36)41(35)51-45(39)49)32-23-19-30(20-24-32)38-28-34(44(48)54-38)16-14-12-10-8-6-4-2/h17-28,33,43H,3-16H2,1-2H3. The van der Waals surface area contributed by atoms with Crippen LogP contribution in [0.5, 0.6) is 11.5 Å². The Morgan fingerprint density at radius 2 is 1.13 bits per heavy atom. The van der Waals surface area contributed by atoms with Crippen LogP contribution in [-0.4, -0.2) is 16.1 Å². The summed E-state index contributed by atoms with van der Waals surface area (Å²) >= 11 is 11.3. The highest BCUT2D eigenvalue weighted by Gasteiger charge is 2.34. The number of aryl methyl sites for hydroxylation is 1. The zero-order chi connectivity index (χ0) is 37.6. The van der Waals surface area contributed by atoms with E-state index in [-0.39, 0.29) is 0 Å². The van der Waals surface area contributed by atoms with Gasteiger partial charge in [-0.1, -0.05) is 155 Å². The van der Waals surface area contributed by atoms with Crippen molar-refractivity contribution in [1.82, 2.24) is 0 Å². The average Bonchev–Trinajstić information content (AvgIpc) is 3.93. The average molecular weight is 889 g/mol. The molecule has 7 rings (SSSR count). The number of ether oxygens (including phenoxy) is 2. The lowest BCUT2D eigenvalue weighted by Gasteiger charge is -2.11. The Kier molecular flexibility index (Phi) is 13.4. The highest BCUT2D eigenvalue weighted by atomic mass is 79.9. The predicted molar refractivity (Wildman–Crippen MR) is 233 cm³/mol. The highest BCUT2D eigenvalue weighted by molar-refractivity contribution is 9.11. The summed E-state index contributed by atoms with van der Waals surface area (Å²) in [6.07, 6.45) is 20.3. The summed E-state index contributed by atoms with van der Waals surface area (Å²) in [5, 5.41) is 1.28. The van der Waals surface area contributed by atoms with E-state index in [1.54, 1.807) is 11.3 Å². The van der Waals surface area contributed by atoms with Crippen LogP contribution in [0.25, 0.3) is 26.5 Å². The number of thioether (sulfide) groups is 1. The molecule has 282 valence electrons. The van der Waals surface area contributed by atoms with Crippen LogP contribution in [0.2, 0.25) is 0 Å². The molecule has 0 radical (unpaired) electrons. The number of halogens is 2. The number of esters is 2. The molecule has 1 aromatic heterocycles. The second kappa shape index (κ2) is 18.4. The molecule has 3 aliphatic heterocycles. The fraction of sp³-hybridized carbons (Fsp3) is 0.391. The van der Waals surface area contributed by atoms with E-state index >= 15 is 0 Å². The van der Waals surface area contributed by atoms with Gasteiger partial charge in [0.2, 0.25) is 0 Å². The number of hydrogen-bond acceptors (Lipinski definition) is 6. The third-order valence-electron chi connectivity index (χ3n) is 10.8. The molecule has 0 saturated heterocycles. The molecule has 4 aromatic rings. The number of unbranched alkanes of at least 4 members (excludes halogenated alkanes) is 10. The van der Waals surface area contributed by atoms with Crippen LogP contribution in [0.1, 0.15) is 120 Å². The van der Waals surface area contributed by atoms with Crippen molar-refractivity contribution in [3.05, 3.63) is 109 Å². The van der Waals surface area contributed by atoms with Gasteiger partial charge in [0.1, 0.15) is 0 Å². The lowest BCUT2D eigenvalue weighted by molar-refractivity contribution is -0.129. The molecule has 54 heavy (non-hydrogen) atoms. The van der Waals surface area contributed by atoms with Crippen LogP contribution in [-0.2, 0) is 16.0 Å². The van der Waals surface area contributed by atoms with Crippen molar-refractivity contribution in [1.29, 1.82) is 0 Å². The van der Waals surface area contributed by atoms with Crippen LogP contribution in [0.15, 0.2) is 76.6 Å². The highest BCUT2D eigenvalue weighted by Crippen LogP contribution is 2.47. The van der Waals surface area contributed by atoms with Crippen molar-refractivity contribution in [3.63, 3.8) is 0 Å². The third-order valence-corrected chi connectivity index (χ3v) is 15.2. The second-order valence-electron chi connectivity index (χ2n) is 14.7. The van der Waals surface area contributed by atoms with Crippen LogP contribution in [0.4, 0.5) is 0 Å². The smallest absolute Gasteiger partial charge is 0.345 e. The zero-order valence-corrected chi connectivity index (χ0v) is 36.0. The van der Waals surface area contributed by atoms with Gasteiger partial charge in [-0.15, -0.1) is 23.1 Å². The molecular formula is C46H48Br2O4S2. The van der Waals surface area contributed by atoms with E-state index in [1.807, 2.05) is 48.2 Å². The Balaban J connectivity index is 1.07. The number of hydrogen-bond donors (Lipinski definition) is 0. The molecule has 0 aliphatic carbocycles. The Morgan fingerprint density at radius 1 is 0.630 bits per heavy atom. The van der Waals surface area contributed by atoms with E-state index in [0.29, 0.717) is 43.2 Å². The van der Waals surface area contributed by atoms with Crippen molar-refractivity contribution in [3.8, 4) is 21.9 Å². The quantitative estimate of drug-likeness (QED) is 0.0431. The van der Waals surface area contributed by atoms with E-state index in [1.165, 1.54) is 103 Å². The van der Waals surface area contributed by atoms with E-state index in [2.05, 4.69) is 82.1 Å². The molecule has 3 aliphatic rings. The summed E-state index contributed by atoms with van der Waals surface area (Å²) in [6, 6.07) is 22.3. The van der Waals surface area contributed by atoms with Crippen LogP contribution >= 0.6 is 55.0 Å². The maximum absolute atomic E-state index is 13.4. The van der Waals surface area contributed by atoms with E-state index < -0.39 is 11.9 Å². The summed E-state index contributed by atoms with van der Waals surface area (Å²) in [5.41, 5.74) is 6.14. The first-order valence-corrected chi connectivity index (χ1v) is 23.1. The van der Waals surface area contributed by atoms with Crippen LogP contribution < -0.4 is 19.9 Å². The first kappa shape index (κ1) is 39.3. The SMILES string of the molecule is CCCCCCCCc1cc(-c2ccc(C3=c4ccc5c(c4OC3=O)OC(=O)C=5c3ccc(C4=CC(CCCCCCCC)C(Br)S4)cc3)cc2)sc1Br. The molecule has 3 aromatic carbocycles. The van der Waals surface area contributed by atoms with Gasteiger partial charge >= 0.3 is 11.9 Å². The van der Waals surface area contributed by atoms with Gasteiger partial charge in [0.15, 0.2) is 11.5 Å². The topological polar surface area (TPSA) is 52.6 Å². The first-order valence-electron chi connectivity index (χ1n) is 19.7. The van der Waals surface area contributed by atoms with Gasteiger partial charge in [-0.05, 0) is 81.2 Å². The molecule has 2 unspecified atom stereocenters. The molecule has 0 saturated carbocycles. The van der Waals surface area contributed by atoms with Gasteiger partial charge in [-0.3, -0.25) is 0 Å². The largest absolute Gasteiger partial charge is 0.418 e. The molecule has 0 fully saturated rings. The number of allylic oxidation sites excluding steroid dienone is 1. The van der Waals surface area contributed by atoms with Gasteiger partial charge in [0.05, 0.1) is 19.1 Å². The predicted octanol–water partition coefficient (Wildman–Crippen LogP) is 12.5. The minimum Gasteiger partial charge on any atom is -0.418 e. The summed E-state index contributed by atoms with van der Waals surface area (Å²) in [5.74, 6) is 0.258. The summed E-state index contributed by atoms with van der Waals surface area (Å²) in [6.45, 7) is 4.51. The lowest BCUT2D eigenvalue weighted by atomic mass is 9.98. The van der Waals surface area contributed by atoms with Crippen molar-refractivity contribution in [2.24, 2.45) is 5.92 Å². The van der Waals surface area contributed by atoms with Crippen molar-refractivity contribution < 1.29 is 19.1 Å². The number of carbonyl (C=O) groups excluding carboxylic acids is 2. The fourth-order valence-corrected chi connectivity index (χ4v) is 11.6. The van der Waals surface area contributed by atoms with Crippen LogP contribution in [0, 0.1) is 5.92 Å². The molecule has 8 heteroatoms. The Hall–Kier alpha value is -2.91. The summed E-state index contributed by atoms with van der Waals surface area (Å²) in [7, 11) is 0. The van der Waals surface area contributed by atoms with Gasteiger partial charge < -0.3 is 9.47 Å². The zero-order valence-electron chi connectivity index (χ0n) is 31.2. The number of alkyl halides is 1. The van der Waals surface area contributed by atoms with Crippen molar-refractivity contribution in [2.45, 2.75) is 108 Å². The molecule has 0 spiro atoms. The monoisotopic (exact) mass is 886 g/mol. The molecule has 0 amide bonds. The number of fused-ring (bicyclic) bond motifs is 3. The maximum atomic E-state index is 13.4. The molecular weight excluding hydrogens is 840 g/mol. The number of thiophene rings is 1. The van der Waals surface area contributed by atoms with Crippen molar-refractivity contribution in [2.75, 3.05) is 0 Å². The summed E-state index contributed by atoms with van der Waals surface area (Å²) in [4.78, 5) is 29.2. The number of rotatable bonds is 18. The summed E-state index contributed by atoms with van der Waals surface area (Å²) < 4.78 is 13.2. The molecule has 0 bridgehead atoms. The van der Waals surface area contributed by atoms with Crippen LogP contribution in [0.3, 0.4) is 0 Å². The normalized spacial score (nSPS) is 17.5.